The molecule has 1 unspecified atom stereocenters. The van der Waals surface area contributed by atoms with Crippen LogP contribution in [0.5, 0.6) is 5.75 Å². The van der Waals surface area contributed by atoms with Crippen molar-refractivity contribution in [2.75, 3.05) is 46.5 Å². The van der Waals surface area contributed by atoms with Crippen LogP contribution in [0.1, 0.15) is 57.4 Å². The normalized spacial score (nSPS) is 23.4. The van der Waals surface area contributed by atoms with Gasteiger partial charge in [-0.2, -0.15) is 0 Å². The molecule has 6 nitrogen and oxygen atoms in total. The molecule has 0 spiro atoms. The molecule has 1 atom stereocenters. The number of methoxy groups -OCH3 is 1. The number of nitrogens with zero attached hydrogens (tertiary/aromatic N) is 2. The summed E-state index contributed by atoms with van der Waals surface area (Å²) in [5.41, 5.74) is 1.58. The Labute approximate surface area is 210 Å². The largest absolute Gasteiger partial charge is 0.497 e. The molecule has 1 N–H and O–H groups in total. The summed E-state index contributed by atoms with van der Waals surface area (Å²) in [5.74, 6) is 1.97. The second-order valence-electron chi connectivity index (χ2n) is 9.19. The number of nitrogens with one attached hydrogen (secondary N) is 1. The molecule has 7 heteroatoms. The summed E-state index contributed by atoms with van der Waals surface area (Å²) in [6.45, 7) is 7.53. The van der Waals surface area contributed by atoms with Crippen LogP contribution in [-0.2, 0) is 14.9 Å². The van der Waals surface area contributed by atoms with Crippen LogP contribution in [0.25, 0.3) is 0 Å². The minimum absolute atomic E-state index is 0. The molecular formula is C25H40IN3O3. The van der Waals surface area contributed by atoms with Gasteiger partial charge in [0.25, 0.3) is 0 Å². The van der Waals surface area contributed by atoms with Gasteiger partial charge in [-0.05, 0) is 69.6 Å². The molecule has 1 aliphatic carbocycles. The summed E-state index contributed by atoms with van der Waals surface area (Å²) < 4.78 is 17.3. The third-order valence-corrected chi connectivity index (χ3v) is 6.96. The van der Waals surface area contributed by atoms with Gasteiger partial charge in [-0.1, -0.05) is 12.1 Å². The van der Waals surface area contributed by atoms with Crippen LogP contribution in [0.3, 0.4) is 0 Å². The van der Waals surface area contributed by atoms with E-state index in [2.05, 4.69) is 41.4 Å². The van der Waals surface area contributed by atoms with Crippen molar-refractivity contribution in [3.05, 3.63) is 29.8 Å². The molecule has 0 amide bonds. The highest BCUT2D eigenvalue weighted by atomic mass is 127. The van der Waals surface area contributed by atoms with E-state index in [1.807, 2.05) is 0 Å². The maximum Gasteiger partial charge on any atom is 0.193 e. The van der Waals surface area contributed by atoms with E-state index in [-0.39, 0.29) is 29.4 Å². The van der Waals surface area contributed by atoms with Gasteiger partial charge in [-0.3, -0.25) is 4.99 Å². The van der Waals surface area contributed by atoms with Crippen molar-refractivity contribution in [2.24, 2.45) is 4.99 Å². The summed E-state index contributed by atoms with van der Waals surface area (Å²) in [6, 6.07) is 8.53. The smallest absolute Gasteiger partial charge is 0.193 e. The van der Waals surface area contributed by atoms with Gasteiger partial charge in [0.15, 0.2) is 5.96 Å². The molecule has 0 radical (unpaired) electrons. The molecule has 1 aromatic rings. The first-order chi connectivity index (χ1) is 15.2. The lowest BCUT2D eigenvalue weighted by Crippen LogP contribution is -2.47. The number of hydrogen-bond donors (Lipinski definition) is 1. The molecule has 3 fully saturated rings. The number of guanidine groups is 1. The van der Waals surface area contributed by atoms with Crippen LogP contribution in [0.4, 0.5) is 0 Å². The Balaban J connectivity index is 0.00000289. The second-order valence-corrected chi connectivity index (χ2v) is 9.19. The number of rotatable bonds is 8. The van der Waals surface area contributed by atoms with Crippen molar-refractivity contribution in [3.8, 4) is 5.75 Å². The van der Waals surface area contributed by atoms with Crippen molar-refractivity contribution in [1.82, 2.24) is 10.2 Å². The lowest BCUT2D eigenvalue weighted by Gasteiger charge is -2.35. The lowest BCUT2D eigenvalue weighted by molar-refractivity contribution is -0.0721. The summed E-state index contributed by atoms with van der Waals surface area (Å²) in [4.78, 5) is 7.48. The average Bonchev–Trinajstić information content (AvgIpc) is 3.63. The quantitative estimate of drug-likeness (QED) is 0.293. The Kier molecular flexibility index (Phi) is 9.92. The van der Waals surface area contributed by atoms with E-state index in [1.54, 1.807) is 7.11 Å². The zero-order valence-electron chi connectivity index (χ0n) is 19.7. The van der Waals surface area contributed by atoms with E-state index in [9.17, 15) is 0 Å². The Bertz CT molecular complexity index is 710. The fraction of sp³-hybridized carbons (Fsp3) is 0.720. The van der Waals surface area contributed by atoms with Crippen molar-refractivity contribution < 1.29 is 14.2 Å². The molecule has 3 aliphatic rings. The molecule has 2 heterocycles. The highest BCUT2D eigenvalue weighted by molar-refractivity contribution is 14.0. The highest BCUT2D eigenvalue weighted by Gasteiger charge is 2.44. The lowest BCUT2D eigenvalue weighted by atomic mass is 9.96. The molecule has 1 saturated carbocycles. The molecule has 180 valence electrons. The van der Waals surface area contributed by atoms with Gasteiger partial charge in [0, 0.05) is 31.7 Å². The number of halogens is 1. The van der Waals surface area contributed by atoms with Crippen molar-refractivity contribution in [2.45, 2.75) is 69.5 Å². The maximum absolute atomic E-state index is 6.19. The average molecular weight is 558 g/mol. The molecule has 2 saturated heterocycles. The van der Waals surface area contributed by atoms with E-state index in [4.69, 9.17) is 19.2 Å². The number of aliphatic imine (C=N–C) groups is 1. The van der Waals surface area contributed by atoms with Gasteiger partial charge < -0.3 is 24.4 Å². The number of ether oxygens (including phenoxy) is 3. The van der Waals surface area contributed by atoms with Crippen LogP contribution >= 0.6 is 24.0 Å². The fourth-order valence-electron chi connectivity index (χ4n) is 4.70. The summed E-state index contributed by atoms with van der Waals surface area (Å²) in [5, 5.41) is 3.52. The Morgan fingerprint density at radius 1 is 1.16 bits per heavy atom. The zero-order chi connectivity index (χ0) is 21.5. The van der Waals surface area contributed by atoms with Gasteiger partial charge in [0.05, 0.1) is 32.5 Å². The Morgan fingerprint density at radius 2 is 1.91 bits per heavy atom. The highest BCUT2D eigenvalue weighted by Crippen LogP contribution is 2.48. The first kappa shape index (κ1) is 25.6. The predicted molar refractivity (Wildman–Crippen MR) is 139 cm³/mol. The third kappa shape index (κ3) is 6.73. The zero-order valence-corrected chi connectivity index (χ0v) is 22.0. The maximum atomic E-state index is 6.19. The minimum atomic E-state index is 0. The van der Waals surface area contributed by atoms with Crippen molar-refractivity contribution in [3.63, 3.8) is 0 Å². The van der Waals surface area contributed by atoms with Crippen LogP contribution in [0, 0.1) is 0 Å². The van der Waals surface area contributed by atoms with E-state index in [0.29, 0.717) is 12.2 Å². The summed E-state index contributed by atoms with van der Waals surface area (Å²) >= 11 is 0. The predicted octanol–water partition coefficient (Wildman–Crippen LogP) is 4.36. The first-order valence-corrected chi connectivity index (χ1v) is 12.1. The van der Waals surface area contributed by atoms with Crippen LogP contribution in [-0.4, -0.2) is 69.6 Å². The monoisotopic (exact) mass is 557 g/mol. The van der Waals surface area contributed by atoms with Gasteiger partial charge in [0.2, 0.25) is 0 Å². The molecule has 4 rings (SSSR count). The van der Waals surface area contributed by atoms with Crippen molar-refractivity contribution >= 4 is 29.9 Å². The van der Waals surface area contributed by atoms with E-state index in [0.717, 1.165) is 70.4 Å². The molecule has 1 aromatic carbocycles. The van der Waals surface area contributed by atoms with Crippen molar-refractivity contribution in [1.29, 1.82) is 0 Å². The minimum Gasteiger partial charge on any atom is -0.497 e. The molecule has 0 aromatic heterocycles. The number of hydrogen-bond acceptors (Lipinski definition) is 4. The topological polar surface area (TPSA) is 55.3 Å². The molecule has 2 aliphatic heterocycles. The van der Waals surface area contributed by atoms with E-state index in [1.165, 1.54) is 31.2 Å². The van der Waals surface area contributed by atoms with Crippen LogP contribution < -0.4 is 10.1 Å². The molecule has 0 bridgehead atoms. The number of piperidine rings is 1. The second kappa shape index (κ2) is 12.4. The van der Waals surface area contributed by atoms with Gasteiger partial charge in [-0.15, -0.1) is 24.0 Å². The number of benzene rings is 1. The van der Waals surface area contributed by atoms with E-state index < -0.39 is 0 Å². The third-order valence-electron chi connectivity index (χ3n) is 6.96. The first-order valence-electron chi connectivity index (χ1n) is 12.1. The standard InChI is InChI=1S/C25H39N3O3.HI/c1-3-26-24(27-19-25(13-14-25)20-7-9-21(29-2)10-8-20)28-15-11-22(12-16-28)31-18-23-6-4-5-17-30-23;/h7-10,22-23H,3-6,11-19H2,1-2H3,(H,26,27);1H. The molecule has 32 heavy (non-hydrogen) atoms. The van der Waals surface area contributed by atoms with Gasteiger partial charge >= 0.3 is 0 Å². The van der Waals surface area contributed by atoms with Crippen LogP contribution in [0.15, 0.2) is 29.3 Å². The SMILES string of the molecule is CCNC(=NCC1(c2ccc(OC)cc2)CC1)N1CCC(OCC2CCCCO2)CC1.I. The Hall–Kier alpha value is -1.06. The summed E-state index contributed by atoms with van der Waals surface area (Å²) in [7, 11) is 1.72. The van der Waals surface area contributed by atoms with Gasteiger partial charge in [-0.25, -0.2) is 0 Å². The fourth-order valence-corrected chi connectivity index (χ4v) is 4.70. The Morgan fingerprint density at radius 3 is 2.50 bits per heavy atom. The van der Waals surface area contributed by atoms with Crippen LogP contribution in [0.2, 0.25) is 0 Å². The molecular weight excluding hydrogens is 517 g/mol. The summed E-state index contributed by atoms with van der Waals surface area (Å²) in [6.07, 6.45) is 8.79. The van der Waals surface area contributed by atoms with Gasteiger partial charge in [0.1, 0.15) is 5.75 Å². The van der Waals surface area contributed by atoms with E-state index >= 15 is 0 Å². The number of likely N-dealkylation sites (tertiary alicyclic amines) is 1.